The van der Waals surface area contributed by atoms with Crippen molar-refractivity contribution in [1.29, 1.82) is 0 Å². The monoisotopic (exact) mass is 341 g/mol. The Kier molecular flexibility index (Phi) is 4.63. The van der Waals surface area contributed by atoms with Gasteiger partial charge >= 0.3 is 0 Å². The van der Waals surface area contributed by atoms with E-state index in [1.165, 1.54) is 43.7 Å². The van der Waals surface area contributed by atoms with Gasteiger partial charge in [-0.05, 0) is 38.8 Å². The van der Waals surface area contributed by atoms with Gasteiger partial charge in [0.2, 0.25) is 0 Å². The molecule has 3 heterocycles. The maximum absolute atomic E-state index is 12.9. The van der Waals surface area contributed by atoms with E-state index in [1.54, 1.807) is 0 Å². The zero-order valence-electron chi connectivity index (χ0n) is 13.9. The molecule has 126 valence electrons. The van der Waals surface area contributed by atoms with Crippen molar-refractivity contribution in [2.45, 2.75) is 31.7 Å². The Hall–Kier alpha value is -1.72. The fourth-order valence-electron chi connectivity index (χ4n) is 3.79. The first-order valence-corrected chi connectivity index (χ1v) is 9.73. The number of amides is 1. The van der Waals surface area contributed by atoms with Gasteiger partial charge in [0.25, 0.3) is 5.91 Å². The summed E-state index contributed by atoms with van der Waals surface area (Å²) >= 11 is 1.46. The quantitative estimate of drug-likeness (QED) is 0.857. The number of hydrogen-bond acceptors (Lipinski definition) is 4. The molecule has 0 N–H and O–H groups in total. The van der Waals surface area contributed by atoms with Crippen LogP contribution in [0.5, 0.6) is 0 Å². The number of piperidine rings is 1. The summed E-state index contributed by atoms with van der Waals surface area (Å²) in [5.74, 6) is 0.103. The number of thiazole rings is 1. The molecule has 2 aromatic rings. The van der Waals surface area contributed by atoms with E-state index in [9.17, 15) is 4.79 Å². The standard InChI is InChI=1S/C19H23N3OS/c23-19(18-20-17(14-24-18)15-7-2-1-3-8-15)22-12-6-9-16(13-22)21-10-4-5-11-21/h1-3,7-8,14,16H,4-6,9-13H2/t16-/m0/s1. The molecule has 1 amide bonds. The molecule has 0 unspecified atom stereocenters. The summed E-state index contributed by atoms with van der Waals surface area (Å²) < 4.78 is 0. The minimum Gasteiger partial charge on any atom is -0.335 e. The molecular formula is C19H23N3OS. The van der Waals surface area contributed by atoms with Crippen molar-refractivity contribution in [2.75, 3.05) is 26.2 Å². The Labute approximate surface area is 147 Å². The second-order valence-corrected chi connectivity index (χ2v) is 7.55. The van der Waals surface area contributed by atoms with Crippen LogP contribution in [0.15, 0.2) is 35.7 Å². The summed E-state index contributed by atoms with van der Waals surface area (Å²) in [4.78, 5) is 22.0. The van der Waals surface area contributed by atoms with Crippen LogP contribution >= 0.6 is 11.3 Å². The zero-order valence-corrected chi connectivity index (χ0v) is 14.7. The first-order chi connectivity index (χ1) is 11.8. The number of carbonyl (C=O) groups excluding carboxylic acids is 1. The number of rotatable bonds is 3. The molecule has 24 heavy (non-hydrogen) atoms. The van der Waals surface area contributed by atoms with E-state index in [-0.39, 0.29) is 5.91 Å². The minimum absolute atomic E-state index is 0.103. The Morgan fingerprint density at radius 2 is 1.88 bits per heavy atom. The molecule has 2 aliphatic rings. The van der Waals surface area contributed by atoms with E-state index in [0.29, 0.717) is 11.0 Å². The van der Waals surface area contributed by atoms with E-state index in [4.69, 9.17) is 0 Å². The predicted molar refractivity (Wildman–Crippen MR) is 97.3 cm³/mol. The van der Waals surface area contributed by atoms with Gasteiger partial charge in [-0.15, -0.1) is 11.3 Å². The van der Waals surface area contributed by atoms with Gasteiger partial charge < -0.3 is 4.90 Å². The molecule has 0 aliphatic carbocycles. The topological polar surface area (TPSA) is 36.4 Å². The number of carbonyl (C=O) groups is 1. The second kappa shape index (κ2) is 7.03. The van der Waals surface area contributed by atoms with Gasteiger partial charge in [-0.1, -0.05) is 30.3 Å². The highest BCUT2D eigenvalue weighted by Gasteiger charge is 2.30. The summed E-state index contributed by atoms with van der Waals surface area (Å²) in [5.41, 5.74) is 1.97. The van der Waals surface area contributed by atoms with E-state index in [2.05, 4.69) is 9.88 Å². The SMILES string of the molecule is O=C(c1nc(-c2ccccc2)cs1)N1CCC[C@H](N2CCCC2)C1. The predicted octanol–water partition coefficient (Wildman–Crippen LogP) is 3.51. The largest absolute Gasteiger partial charge is 0.335 e. The molecule has 0 spiro atoms. The van der Waals surface area contributed by atoms with Crippen LogP contribution in [0.4, 0.5) is 0 Å². The van der Waals surface area contributed by atoms with Crippen molar-refractivity contribution < 1.29 is 4.79 Å². The first kappa shape index (κ1) is 15.8. The maximum Gasteiger partial charge on any atom is 0.282 e. The van der Waals surface area contributed by atoms with E-state index in [0.717, 1.165) is 30.8 Å². The summed E-state index contributed by atoms with van der Waals surface area (Å²) in [6, 6.07) is 10.6. The van der Waals surface area contributed by atoms with Gasteiger partial charge in [0, 0.05) is 30.1 Å². The van der Waals surface area contributed by atoms with E-state index < -0.39 is 0 Å². The minimum atomic E-state index is 0.103. The van der Waals surface area contributed by atoms with Crippen LogP contribution in [-0.4, -0.2) is 52.9 Å². The molecule has 4 rings (SSSR count). The molecule has 1 aromatic carbocycles. The van der Waals surface area contributed by atoms with E-state index in [1.807, 2.05) is 40.6 Å². The van der Waals surface area contributed by atoms with Crippen LogP contribution in [0.3, 0.4) is 0 Å². The number of likely N-dealkylation sites (tertiary alicyclic amines) is 2. The van der Waals surface area contributed by atoms with Crippen molar-refractivity contribution in [1.82, 2.24) is 14.8 Å². The van der Waals surface area contributed by atoms with Gasteiger partial charge in [-0.3, -0.25) is 9.69 Å². The highest BCUT2D eigenvalue weighted by Crippen LogP contribution is 2.25. The molecule has 2 aliphatic heterocycles. The lowest BCUT2D eigenvalue weighted by Gasteiger charge is -2.37. The first-order valence-electron chi connectivity index (χ1n) is 8.85. The van der Waals surface area contributed by atoms with Crippen LogP contribution in [0, 0.1) is 0 Å². The molecule has 4 nitrogen and oxygen atoms in total. The highest BCUT2D eigenvalue weighted by molar-refractivity contribution is 7.12. The zero-order chi connectivity index (χ0) is 16.4. The molecule has 0 saturated carbocycles. The fourth-order valence-corrected chi connectivity index (χ4v) is 4.59. The van der Waals surface area contributed by atoms with Crippen LogP contribution in [0.25, 0.3) is 11.3 Å². The Balaban J connectivity index is 1.46. The summed E-state index contributed by atoms with van der Waals surface area (Å²) in [6.45, 7) is 4.12. The smallest absolute Gasteiger partial charge is 0.282 e. The van der Waals surface area contributed by atoms with Crippen LogP contribution in [0.2, 0.25) is 0 Å². The summed E-state index contributed by atoms with van der Waals surface area (Å²) in [5, 5.41) is 2.61. The Bertz CT molecular complexity index is 694. The number of nitrogens with zero attached hydrogens (tertiary/aromatic N) is 3. The van der Waals surface area contributed by atoms with Crippen LogP contribution in [0.1, 0.15) is 35.5 Å². The van der Waals surface area contributed by atoms with Crippen molar-refractivity contribution in [3.05, 3.63) is 40.7 Å². The van der Waals surface area contributed by atoms with Gasteiger partial charge in [0.05, 0.1) is 5.69 Å². The summed E-state index contributed by atoms with van der Waals surface area (Å²) in [7, 11) is 0. The molecule has 2 fully saturated rings. The Morgan fingerprint density at radius 1 is 1.08 bits per heavy atom. The van der Waals surface area contributed by atoms with Crippen LogP contribution in [-0.2, 0) is 0 Å². The van der Waals surface area contributed by atoms with Gasteiger partial charge in [0.15, 0.2) is 5.01 Å². The third-order valence-corrected chi connectivity index (χ3v) is 5.93. The lowest BCUT2D eigenvalue weighted by atomic mass is 10.0. The van der Waals surface area contributed by atoms with E-state index >= 15 is 0 Å². The normalized spacial score (nSPS) is 22.0. The molecule has 2 saturated heterocycles. The molecule has 0 radical (unpaired) electrons. The molecule has 0 bridgehead atoms. The van der Waals surface area contributed by atoms with Gasteiger partial charge in [-0.25, -0.2) is 4.98 Å². The highest BCUT2D eigenvalue weighted by atomic mass is 32.1. The maximum atomic E-state index is 12.9. The van der Waals surface area contributed by atoms with Crippen LogP contribution < -0.4 is 0 Å². The average Bonchev–Trinajstić information content (AvgIpc) is 3.34. The molecule has 5 heteroatoms. The second-order valence-electron chi connectivity index (χ2n) is 6.69. The number of aromatic nitrogens is 1. The number of hydrogen-bond donors (Lipinski definition) is 0. The average molecular weight is 341 g/mol. The summed E-state index contributed by atoms with van der Waals surface area (Å²) in [6.07, 6.45) is 4.93. The molecular weight excluding hydrogens is 318 g/mol. The van der Waals surface area contributed by atoms with Crippen molar-refractivity contribution in [3.8, 4) is 11.3 Å². The Morgan fingerprint density at radius 3 is 2.67 bits per heavy atom. The third kappa shape index (κ3) is 3.23. The fraction of sp³-hybridized carbons (Fsp3) is 0.474. The molecule has 1 atom stereocenters. The lowest BCUT2D eigenvalue weighted by Crippen LogP contribution is -2.48. The van der Waals surface area contributed by atoms with Crippen molar-refractivity contribution in [2.24, 2.45) is 0 Å². The molecule has 1 aromatic heterocycles. The number of benzene rings is 1. The van der Waals surface area contributed by atoms with Gasteiger partial charge in [-0.2, -0.15) is 0 Å². The third-order valence-electron chi connectivity index (χ3n) is 5.10. The lowest BCUT2D eigenvalue weighted by molar-refractivity contribution is 0.0607. The van der Waals surface area contributed by atoms with Crippen molar-refractivity contribution >= 4 is 17.2 Å². The van der Waals surface area contributed by atoms with Gasteiger partial charge in [0.1, 0.15) is 0 Å². The van der Waals surface area contributed by atoms with Crippen molar-refractivity contribution in [3.63, 3.8) is 0 Å².